The first-order chi connectivity index (χ1) is 43.9. The Morgan fingerprint density at radius 1 is 0.913 bits per heavy atom. The molecule has 8 fully saturated rings. The molecule has 92 heavy (non-hydrogen) atoms. The molecule has 27 atom stereocenters. The number of nitrogens with zero attached hydrogens (tertiary/aromatic N) is 2. The summed E-state index contributed by atoms with van der Waals surface area (Å²) in [5.74, 6) is -4.85. The number of rotatable bonds is 18. The summed E-state index contributed by atoms with van der Waals surface area (Å²) in [6.07, 6.45) is 10.9. The molecular formula is C69H105N9O14. The lowest BCUT2D eigenvalue weighted by atomic mass is 9.28. The van der Waals surface area contributed by atoms with Gasteiger partial charge in [0.25, 0.3) is 0 Å². The number of ether oxygens (including phenoxy) is 2. The molecule has 6 saturated carbocycles. The molecule has 1 amide bonds. The highest BCUT2D eigenvalue weighted by Gasteiger charge is 2.79. The Labute approximate surface area is 539 Å². The number of aliphatic hydroxyl groups is 8. The van der Waals surface area contributed by atoms with E-state index in [1.54, 1.807) is 12.5 Å². The molecule has 23 nitrogen and oxygen atoms in total. The van der Waals surface area contributed by atoms with E-state index >= 15 is 4.79 Å². The van der Waals surface area contributed by atoms with Gasteiger partial charge in [0.15, 0.2) is 6.29 Å². The largest absolute Gasteiger partial charge is 0.481 e. The second-order valence-electron chi connectivity index (χ2n) is 32.2. The summed E-state index contributed by atoms with van der Waals surface area (Å²) in [7, 11) is 0. The number of hydrogen-bond donors (Lipinski definition) is 16. The third-order valence-corrected chi connectivity index (χ3v) is 28.4. The van der Waals surface area contributed by atoms with Gasteiger partial charge in [0, 0.05) is 74.4 Å². The predicted molar refractivity (Wildman–Crippen MR) is 337 cm³/mol. The molecule has 0 radical (unpaired) electrons. The zero-order valence-corrected chi connectivity index (χ0v) is 54.4. The number of amides is 1. The van der Waals surface area contributed by atoms with E-state index in [0.717, 1.165) is 56.1 Å². The number of nitrogens with one attached hydrogen (secondary N) is 6. The van der Waals surface area contributed by atoms with E-state index in [-0.39, 0.29) is 49.5 Å². The van der Waals surface area contributed by atoms with Crippen molar-refractivity contribution in [1.82, 2.24) is 35.9 Å². The van der Waals surface area contributed by atoms with Crippen molar-refractivity contribution < 1.29 is 69.8 Å². The number of aromatic amines is 2. The van der Waals surface area contributed by atoms with Crippen LogP contribution < -0.4 is 27.0 Å². The minimum absolute atomic E-state index is 0.0857. The van der Waals surface area contributed by atoms with Crippen LogP contribution in [-0.4, -0.2) is 191 Å². The summed E-state index contributed by atoms with van der Waals surface area (Å²) in [6.45, 7) is 11.7. The van der Waals surface area contributed by atoms with Crippen molar-refractivity contribution in [3.63, 3.8) is 0 Å². The predicted octanol–water partition coefficient (Wildman–Crippen LogP) is 2.79. The van der Waals surface area contributed by atoms with Crippen LogP contribution >= 0.6 is 0 Å². The first kappa shape index (κ1) is 66.4. The average molecular weight is 1280 g/mol. The molecule has 3 aliphatic heterocycles. The van der Waals surface area contributed by atoms with Crippen molar-refractivity contribution in [1.29, 1.82) is 0 Å². The van der Waals surface area contributed by atoms with Gasteiger partial charge in [0.05, 0.1) is 72.2 Å². The summed E-state index contributed by atoms with van der Waals surface area (Å²) in [4.78, 5) is 57.8. The number of aliphatic carboxylic acids is 1. The number of carbonyl (C=O) groups is 3. The van der Waals surface area contributed by atoms with Gasteiger partial charge in [-0.1, -0.05) is 77.7 Å². The highest BCUT2D eigenvalue weighted by Crippen LogP contribution is 2.80. The highest BCUT2D eigenvalue weighted by molar-refractivity contribution is 5.87. The summed E-state index contributed by atoms with van der Waals surface area (Å²) in [5.41, 5.74) is 1.30. The fourth-order valence-corrected chi connectivity index (χ4v) is 23.7. The Morgan fingerprint density at radius 3 is 2.40 bits per heavy atom. The maximum atomic E-state index is 15.7. The van der Waals surface area contributed by atoms with Gasteiger partial charge in [-0.05, 0) is 146 Å². The molecule has 2 aromatic rings. The molecule has 510 valence electrons. The van der Waals surface area contributed by atoms with E-state index in [2.05, 4.69) is 76.1 Å². The number of carboxylic acids is 1. The number of fused-ring (bicyclic) bond motifs is 13. The number of hydrogen-bond acceptors (Lipinski definition) is 19. The first-order valence-corrected chi connectivity index (χ1v) is 34.8. The molecular weight excluding hydrogens is 1180 g/mol. The molecule has 13 rings (SSSR count). The zero-order chi connectivity index (χ0) is 65.3. The fourth-order valence-electron chi connectivity index (χ4n) is 23.7. The molecule has 0 aromatic carbocycles. The van der Waals surface area contributed by atoms with Crippen molar-refractivity contribution in [3.8, 4) is 0 Å². The van der Waals surface area contributed by atoms with Crippen LogP contribution in [0.1, 0.15) is 142 Å². The molecule has 8 aliphatic carbocycles. The summed E-state index contributed by atoms with van der Waals surface area (Å²) < 4.78 is 13.0. The number of anilines is 1. The van der Waals surface area contributed by atoms with E-state index < -0.39 is 147 Å². The molecule has 11 aliphatic rings. The first-order valence-electron chi connectivity index (χ1n) is 34.8. The minimum atomic E-state index is -1.73. The lowest BCUT2D eigenvalue weighted by Crippen LogP contribution is -2.75. The van der Waals surface area contributed by atoms with Crippen molar-refractivity contribution in [2.45, 2.75) is 204 Å². The monoisotopic (exact) mass is 1280 g/mol. The zero-order valence-electron chi connectivity index (χ0n) is 54.4. The van der Waals surface area contributed by atoms with Crippen molar-refractivity contribution in [2.75, 3.05) is 51.3 Å². The van der Waals surface area contributed by atoms with Gasteiger partial charge in [-0.2, -0.15) is 0 Å². The van der Waals surface area contributed by atoms with Crippen LogP contribution in [0.4, 0.5) is 5.82 Å². The Morgan fingerprint density at radius 2 is 1.70 bits per heavy atom. The second-order valence-corrected chi connectivity index (χ2v) is 32.2. The minimum Gasteiger partial charge on any atom is -0.481 e. The Balaban J connectivity index is 0.962. The number of carbonyl (C=O) groups excluding carboxylic acids is 2. The second kappa shape index (κ2) is 24.4. The third-order valence-electron chi connectivity index (χ3n) is 28.4. The average Bonchev–Trinajstić information content (AvgIpc) is 0.764. The lowest BCUT2D eigenvalue weighted by Gasteiger charge is -2.76. The van der Waals surface area contributed by atoms with Crippen LogP contribution in [0.5, 0.6) is 0 Å². The summed E-state index contributed by atoms with van der Waals surface area (Å²) in [5, 5.41) is 123. The molecule has 1 spiro atoms. The quantitative estimate of drug-likeness (QED) is 0.0335. The van der Waals surface area contributed by atoms with E-state index in [4.69, 9.17) is 20.2 Å². The Kier molecular flexibility index (Phi) is 17.6. The standard InChI is InChI=1S/C69H105N9O14/c1-62(32-80)20-21-68(61(89)90)42(27-62)40-11-12-47-64(3,66(40,5)41-26-44-58(77-35-75-44)74-29-43(41)68)18-14-46-63(2,33-81)56(92-59-53(85)51(83)45(82)31-91-59)52(84)49(65(46,47)4)38-13-19-69(48-30-72-34-76-48,54-50(38)67(60(88)78-54)16-6-7-17-67)55(86)39(57(70)87)28-71-22-23-73-37-10-8-9-36(25-37)15-24-79/h11,13,19,24,30,34-39,41-43,45-47,49-57,59,71,73-74,80-87H,6-10,12,14-18,20-23,25-29,31-33,70H2,1-5H3,(H,72,76)(H,75,77)(H,78,88)(H,89,90). The van der Waals surface area contributed by atoms with Gasteiger partial charge < -0.3 is 97.2 Å². The molecule has 23 heteroatoms. The van der Waals surface area contributed by atoms with Gasteiger partial charge in [-0.15, -0.1) is 0 Å². The maximum Gasteiger partial charge on any atom is 0.310 e. The number of aldehydes is 1. The normalized spacial score (nSPS) is 46.9. The van der Waals surface area contributed by atoms with E-state index in [1.807, 2.05) is 13.0 Å². The number of nitrogens with two attached hydrogens (primary N) is 1. The molecule has 5 heterocycles. The molecule has 0 bridgehead atoms. The molecule has 17 N–H and O–H groups in total. The van der Waals surface area contributed by atoms with Gasteiger partial charge >= 0.3 is 5.97 Å². The van der Waals surface area contributed by atoms with Gasteiger partial charge in [-0.3, -0.25) is 9.59 Å². The third kappa shape index (κ3) is 9.65. The van der Waals surface area contributed by atoms with E-state index in [1.165, 1.54) is 6.33 Å². The number of H-pyrrole nitrogens is 2. The van der Waals surface area contributed by atoms with Gasteiger partial charge in [0.1, 0.15) is 36.6 Å². The van der Waals surface area contributed by atoms with Crippen LogP contribution in [0.25, 0.3) is 0 Å². The highest BCUT2D eigenvalue weighted by atomic mass is 16.7. The number of aliphatic hydroxyl groups excluding tert-OH is 8. The lowest BCUT2D eigenvalue weighted by molar-refractivity contribution is -0.344. The van der Waals surface area contributed by atoms with Crippen molar-refractivity contribution >= 4 is 24.0 Å². The van der Waals surface area contributed by atoms with Gasteiger partial charge in [-0.25, -0.2) is 9.97 Å². The van der Waals surface area contributed by atoms with Crippen LogP contribution in [0.2, 0.25) is 0 Å². The number of carboxylic acid groups (broad SMARTS) is 1. The number of imidazole rings is 2. The Bertz CT molecular complexity index is 3090. The Hall–Kier alpha value is -4.21. The van der Waals surface area contributed by atoms with Gasteiger partial charge in [0.2, 0.25) is 5.91 Å². The maximum absolute atomic E-state index is 15.7. The van der Waals surface area contributed by atoms with E-state index in [0.29, 0.717) is 101 Å². The van der Waals surface area contributed by atoms with Crippen LogP contribution in [0, 0.1) is 97.1 Å². The van der Waals surface area contributed by atoms with Crippen molar-refractivity contribution in [3.05, 3.63) is 54.0 Å². The number of allylic oxidation sites excluding steroid dienone is 3. The summed E-state index contributed by atoms with van der Waals surface area (Å²) in [6, 6.07) is -0.614. The smallest absolute Gasteiger partial charge is 0.310 e. The van der Waals surface area contributed by atoms with E-state index in [9.17, 15) is 55.5 Å². The summed E-state index contributed by atoms with van der Waals surface area (Å²) >= 11 is 0. The van der Waals surface area contributed by atoms with Crippen LogP contribution in [-0.2, 0) is 35.7 Å². The topological polar surface area (TPSA) is 383 Å². The SMILES string of the molecule is CC1(CO)CCC2(C(=O)O)C(C1)C1=CCC3C4(C)C(C5C=CC(c6cnc[nH]6)(C(O)C(CNCCNC6CCCC(CC=O)C6)C(N)O)C6NC(=O)C7(CCCC7)C56)C(O)C(OC5OCC(O)C(O)C5O)C(C)(CO)C4CCC3(C)C1(C)C1Cc3[nH]cnc3NCC12. The fraction of sp³-hybridized carbons (Fsp3) is 0.812. The molecule has 27 unspecified atom stereocenters. The number of aromatic nitrogens is 4. The molecule has 2 saturated heterocycles. The van der Waals surface area contributed by atoms with Crippen LogP contribution in [0.3, 0.4) is 0 Å². The molecule has 2 aromatic heterocycles. The van der Waals surface area contributed by atoms with Crippen molar-refractivity contribution in [2.24, 2.45) is 103 Å². The van der Waals surface area contributed by atoms with Crippen LogP contribution in [0.15, 0.2) is 42.7 Å².